The molecule has 0 aromatic heterocycles. The molecule has 2 N–H and O–H groups in total. The van der Waals surface area contributed by atoms with Crippen molar-refractivity contribution in [3.63, 3.8) is 0 Å². The molecule has 0 aliphatic rings. The topological polar surface area (TPSA) is 62.0 Å². The van der Waals surface area contributed by atoms with Crippen LogP contribution < -0.4 is 4.74 Å². The molecular weight excluding hydrogens is 302 g/mol. The van der Waals surface area contributed by atoms with Crippen LogP contribution in [0.25, 0.3) is 6.08 Å². The molecule has 2 rings (SSSR count). The largest absolute Gasteiger partial charge is 0.504 e. The summed E-state index contributed by atoms with van der Waals surface area (Å²) in [6.07, 6.45) is 7.31. The number of oxime groups is 1. The van der Waals surface area contributed by atoms with Gasteiger partial charge < -0.3 is 15.1 Å². The van der Waals surface area contributed by atoms with Crippen LogP contribution >= 0.6 is 0 Å². The summed E-state index contributed by atoms with van der Waals surface area (Å²) in [5, 5.41) is 22.2. The van der Waals surface area contributed by atoms with Gasteiger partial charge in [0.1, 0.15) is 0 Å². The van der Waals surface area contributed by atoms with Crippen molar-refractivity contribution in [2.45, 2.75) is 25.7 Å². The smallest absolute Gasteiger partial charge is 0.160 e. The summed E-state index contributed by atoms with van der Waals surface area (Å²) in [6.45, 7) is 0. The van der Waals surface area contributed by atoms with Gasteiger partial charge in [-0.2, -0.15) is 0 Å². The van der Waals surface area contributed by atoms with Gasteiger partial charge in [-0.05, 0) is 55.0 Å². The monoisotopic (exact) mass is 325 g/mol. The van der Waals surface area contributed by atoms with E-state index in [1.165, 1.54) is 12.7 Å². The van der Waals surface area contributed by atoms with E-state index in [1.807, 2.05) is 30.3 Å². The predicted octanol–water partition coefficient (Wildman–Crippen LogP) is 4.66. The zero-order chi connectivity index (χ0) is 17.2. The molecular formula is C20H23NO3. The second kappa shape index (κ2) is 9.40. The van der Waals surface area contributed by atoms with Gasteiger partial charge in [-0.15, -0.1) is 0 Å². The van der Waals surface area contributed by atoms with Gasteiger partial charge in [0.25, 0.3) is 0 Å². The minimum absolute atomic E-state index is 0.0880. The highest BCUT2D eigenvalue weighted by Gasteiger charge is 2.01. The first-order valence-electron chi connectivity index (χ1n) is 8.03. The number of rotatable bonds is 8. The summed E-state index contributed by atoms with van der Waals surface area (Å²) < 4.78 is 5.01. The van der Waals surface area contributed by atoms with E-state index in [1.54, 1.807) is 18.2 Å². The Morgan fingerprint density at radius 3 is 2.58 bits per heavy atom. The normalized spacial score (nSPS) is 11.8. The number of aryl methyl sites for hydroxylation is 1. The lowest BCUT2D eigenvalue weighted by Gasteiger charge is -2.04. The Morgan fingerprint density at radius 1 is 1.12 bits per heavy atom. The summed E-state index contributed by atoms with van der Waals surface area (Å²) in [7, 11) is 1.51. The molecule has 0 saturated heterocycles. The predicted molar refractivity (Wildman–Crippen MR) is 96.9 cm³/mol. The van der Waals surface area contributed by atoms with Gasteiger partial charge in [-0.25, -0.2) is 0 Å². The third kappa shape index (κ3) is 5.47. The average Bonchev–Trinajstić information content (AvgIpc) is 2.62. The molecule has 126 valence electrons. The number of nitrogens with zero attached hydrogens (tertiary/aromatic N) is 1. The molecule has 0 spiro atoms. The first kappa shape index (κ1) is 17.6. The first-order chi connectivity index (χ1) is 11.7. The summed E-state index contributed by atoms with van der Waals surface area (Å²) >= 11 is 0. The molecule has 2 aromatic rings. The number of methoxy groups -OCH3 is 1. The number of phenolic OH excluding ortho intramolecular Hbond substituents is 1. The minimum Gasteiger partial charge on any atom is -0.504 e. The van der Waals surface area contributed by atoms with E-state index in [-0.39, 0.29) is 5.75 Å². The molecule has 0 aliphatic heterocycles. The van der Waals surface area contributed by atoms with Crippen LogP contribution in [0.2, 0.25) is 0 Å². The van der Waals surface area contributed by atoms with Gasteiger partial charge in [-0.3, -0.25) is 0 Å². The molecule has 0 aliphatic carbocycles. The summed E-state index contributed by atoms with van der Waals surface area (Å²) in [5.41, 5.74) is 2.77. The zero-order valence-corrected chi connectivity index (χ0v) is 13.9. The number of benzene rings is 2. The van der Waals surface area contributed by atoms with E-state index in [0.29, 0.717) is 17.9 Å². The van der Waals surface area contributed by atoms with Crippen molar-refractivity contribution in [3.05, 3.63) is 65.7 Å². The van der Waals surface area contributed by atoms with Crippen molar-refractivity contribution in [2.75, 3.05) is 7.11 Å². The standard InChI is InChI=1S/C20H23NO3/c1-24-20-14-12-17(15-19(20)22)11-13-18(21-23)10-6-5-9-16-7-3-2-4-8-16/h2-4,7-8,11-15,22-23H,5-6,9-10H2,1H3/b13-11+,21-18+. The number of hydrogen-bond donors (Lipinski definition) is 2. The molecule has 2 aromatic carbocycles. The Hall–Kier alpha value is -2.75. The van der Waals surface area contributed by atoms with Crippen molar-refractivity contribution < 1.29 is 15.1 Å². The van der Waals surface area contributed by atoms with Crippen LogP contribution in [-0.4, -0.2) is 23.1 Å². The second-order valence-electron chi connectivity index (χ2n) is 5.55. The summed E-state index contributed by atoms with van der Waals surface area (Å²) in [6, 6.07) is 15.5. The maximum Gasteiger partial charge on any atom is 0.160 e. The molecule has 0 atom stereocenters. The second-order valence-corrected chi connectivity index (χ2v) is 5.55. The van der Waals surface area contributed by atoms with Crippen LogP contribution in [0, 0.1) is 0 Å². The van der Waals surface area contributed by atoms with E-state index in [4.69, 9.17) is 9.94 Å². The average molecular weight is 325 g/mol. The lowest BCUT2D eigenvalue weighted by molar-refractivity contribution is 0.318. The summed E-state index contributed by atoms with van der Waals surface area (Å²) in [4.78, 5) is 0. The molecule has 0 fully saturated rings. The number of aromatic hydroxyl groups is 1. The van der Waals surface area contributed by atoms with Crippen molar-refractivity contribution >= 4 is 11.8 Å². The fourth-order valence-electron chi connectivity index (χ4n) is 2.45. The van der Waals surface area contributed by atoms with Crippen molar-refractivity contribution in [1.82, 2.24) is 0 Å². The van der Waals surface area contributed by atoms with Gasteiger partial charge in [-0.1, -0.05) is 47.6 Å². The molecule has 0 bridgehead atoms. The van der Waals surface area contributed by atoms with Crippen LogP contribution in [0.15, 0.2) is 59.8 Å². The zero-order valence-electron chi connectivity index (χ0n) is 13.9. The third-order valence-electron chi connectivity index (χ3n) is 3.79. The quantitative estimate of drug-likeness (QED) is 0.321. The minimum atomic E-state index is 0.0880. The molecule has 4 heteroatoms. The number of hydrogen-bond acceptors (Lipinski definition) is 4. The van der Waals surface area contributed by atoms with Gasteiger partial charge in [0.2, 0.25) is 0 Å². The molecule has 0 saturated carbocycles. The Labute approximate surface area is 142 Å². The lowest BCUT2D eigenvalue weighted by Crippen LogP contribution is -1.95. The highest BCUT2D eigenvalue weighted by molar-refractivity contribution is 5.97. The molecule has 4 nitrogen and oxygen atoms in total. The van der Waals surface area contributed by atoms with Crippen molar-refractivity contribution in [2.24, 2.45) is 5.16 Å². The fraction of sp³-hybridized carbons (Fsp3) is 0.250. The van der Waals surface area contributed by atoms with Crippen LogP contribution in [0.5, 0.6) is 11.5 Å². The van der Waals surface area contributed by atoms with Crippen LogP contribution in [0.4, 0.5) is 0 Å². The van der Waals surface area contributed by atoms with Crippen LogP contribution in [0.3, 0.4) is 0 Å². The molecule has 0 radical (unpaired) electrons. The van der Waals surface area contributed by atoms with Gasteiger partial charge in [0, 0.05) is 0 Å². The Bertz CT molecular complexity index is 693. The third-order valence-corrected chi connectivity index (χ3v) is 3.79. The fourth-order valence-corrected chi connectivity index (χ4v) is 2.45. The molecule has 24 heavy (non-hydrogen) atoms. The van der Waals surface area contributed by atoms with Crippen LogP contribution in [-0.2, 0) is 6.42 Å². The first-order valence-corrected chi connectivity index (χ1v) is 8.03. The van der Waals surface area contributed by atoms with Crippen molar-refractivity contribution in [1.29, 1.82) is 0 Å². The highest BCUT2D eigenvalue weighted by Crippen LogP contribution is 2.26. The van der Waals surface area contributed by atoms with E-state index in [9.17, 15) is 5.11 Å². The summed E-state index contributed by atoms with van der Waals surface area (Å²) in [5.74, 6) is 0.522. The number of allylic oxidation sites excluding steroid dienone is 1. The van der Waals surface area contributed by atoms with E-state index in [0.717, 1.165) is 24.8 Å². The van der Waals surface area contributed by atoms with Crippen LogP contribution in [0.1, 0.15) is 30.4 Å². The van der Waals surface area contributed by atoms with E-state index in [2.05, 4.69) is 17.3 Å². The van der Waals surface area contributed by atoms with Crippen molar-refractivity contribution in [3.8, 4) is 11.5 Å². The molecule has 0 amide bonds. The van der Waals surface area contributed by atoms with Gasteiger partial charge in [0.05, 0.1) is 12.8 Å². The Balaban J connectivity index is 1.82. The number of phenols is 1. The Kier molecular flexibility index (Phi) is 6.90. The number of ether oxygens (including phenoxy) is 1. The maximum absolute atomic E-state index is 9.76. The lowest BCUT2D eigenvalue weighted by atomic mass is 10.0. The van der Waals surface area contributed by atoms with E-state index < -0.39 is 0 Å². The van der Waals surface area contributed by atoms with E-state index >= 15 is 0 Å². The SMILES string of the molecule is COc1ccc(/C=C/C(CCCCc2ccccc2)=N/O)cc1O. The molecule has 0 unspecified atom stereocenters. The number of unbranched alkanes of at least 4 members (excludes halogenated alkanes) is 1. The Morgan fingerprint density at radius 2 is 1.92 bits per heavy atom. The maximum atomic E-state index is 9.76. The molecule has 0 heterocycles. The highest BCUT2D eigenvalue weighted by atomic mass is 16.5. The van der Waals surface area contributed by atoms with Gasteiger partial charge in [0.15, 0.2) is 11.5 Å². The van der Waals surface area contributed by atoms with Gasteiger partial charge >= 0.3 is 0 Å².